The van der Waals surface area contributed by atoms with Crippen LogP contribution in [0.15, 0.2) is 24.3 Å². The summed E-state index contributed by atoms with van der Waals surface area (Å²) >= 11 is 6.02. The number of aliphatic hydroxyl groups is 1. The number of ether oxygens (including phenoxy) is 1. The first-order valence-corrected chi connectivity index (χ1v) is 9.77. The Balaban J connectivity index is 1.72. The number of rotatable bonds is 7. The average molecular weight is 366 g/mol. The molecule has 4 nitrogen and oxygen atoms in total. The summed E-state index contributed by atoms with van der Waals surface area (Å²) in [4.78, 5) is 13.2. The van der Waals surface area contributed by atoms with Crippen molar-refractivity contribution < 1.29 is 14.6 Å². The van der Waals surface area contributed by atoms with Crippen LogP contribution in [0.25, 0.3) is 0 Å². The second-order valence-corrected chi connectivity index (χ2v) is 7.88. The van der Waals surface area contributed by atoms with Crippen molar-refractivity contribution in [2.24, 2.45) is 0 Å². The number of aliphatic hydroxyl groups excluding tert-OH is 1. The van der Waals surface area contributed by atoms with Crippen LogP contribution in [-0.2, 0) is 14.9 Å². The predicted octanol–water partition coefficient (Wildman–Crippen LogP) is 3.59. The molecule has 0 atom stereocenters. The molecule has 0 spiro atoms. The maximum atomic E-state index is 13.2. The number of halogens is 1. The van der Waals surface area contributed by atoms with Gasteiger partial charge in [0.15, 0.2) is 0 Å². The lowest BCUT2D eigenvalue weighted by Crippen LogP contribution is -2.49. The standard InChI is InChI=1S/C20H28ClNO3/c21-17-7-5-16(6-8-17)20(11-3-4-12-20)18(24)22-15-19(25-14-13-23)9-1-2-10-19/h5-8,23H,1-4,9-15H2,(H,22,24). The van der Waals surface area contributed by atoms with Crippen LogP contribution >= 0.6 is 11.6 Å². The molecule has 138 valence electrons. The molecule has 0 bridgehead atoms. The minimum Gasteiger partial charge on any atom is -0.394 e. The van der Waals surface area contributed by atoms with E-state index in [1.807, 2.05) is 24.3 Å². The minimum absolute atomic E-state index is 0.0183. The Morgan fingerprint density at radius 3 is 2.28 bits per heavy atom. The summed E-state index contributed by atoms with van der Waals surface area (Å²) in [6.45, 7) is 0.879. The zero-order valence-electron chi connectivity index (χ0n) is 14.7. The van der Waals surface area contributed by atoms with E-state index >= 15 is 0 Å². The summed E-state index contributed by atoms with van der Waals surface area (Å²) < 4.78 is 5.92. The highest BCUT2D eigenvalue weighted by molar-refractivity contribution is 6.30. The zero-order valence-corrected chi connectivity index (χ0v) is 15.5. The van der Waals surface area contributed by atoms with Gasteiger partial charge in [-0.2, -0.15) is 0 Å². The van der Waals surface area contributed by atoms with Crippen molar-refractivity contribution in [2.45, 2.75) is 62.4 Å². The van der Waals surface area contributed by atoms with Crippen LogP contribution in [0.2, 0.25) is 5.02 Å². The van der Waals surface area contributed by atoms with E-state index in [-0.39, 0.29) is 18.1 Å². The van der Waals surface area contributed by atoms with Crippen molar-refractivity contribution in [3.05, 3.63) is 34.9 Å². The van der Waals surface area contributed by atoms with Gasteiger partial charge >= 0.3 is 0 Å². The number of hydrogen-bond acceptors (Lipinski definition) is 3. The number of amides is 1. The summed E-state index contributed by atoms with van der Waals surface area (Å²) in [5, 5.41) is 13.0. The molecule has 2 aliphatic carbocycles. The van der Waals surface area contributed by atoms with E-state index in [0.29, 0.717) is 18.2 Å². The third-order valence-electron chi connectivity index (χ3n) is 5.87. The number of carbonyl (C=O) groups excluding carboxylic acids is 1. The Morgan fingerprint density at radius 1 is 1.08 bits per heavy atom. The van der Waals surface area contributed by atoms with Gasteiger partial charge < -0.3 is 15.2 Å². The van der Waals surface area contributed by atoms with E-state index < -0.39 is 5.41 Å². The lowest BCUT2D eigenvalue weighted by atomic mass is 9.78. The largest absolute Gasteiger partial charge is 0.394 e. The number of carbonyl (C=O) groups is 1. The molecule has 0 unspecified atom stereocenters. The summed E-state index contributed by atoms with van der Waals surface area (Å²) in [7, 11) is 0. The highest BCUT2D eigenvalue weighted by atomic mass is 35.5. The molecule has 2 aliphatic rings. The quantitative estimate of drug-likeness (QED) is 0.776. The molecule has 1 aromatic rings. The summed E-state index contributed by atoms with van der Waals surface area (Å²) in [5.41, 5.74) is 0.308. The SMILES string of the molecule is O=C(NCC1(OCCO)CCCC1)C1(c2ccc(Cl)cc2)CCCC1. The second kappa shape index (κ2) is 8.07. The lowest BCUT2D eigenvalue weighted by Gasteiger charge is -2.33. The fourth-order valence-electron chi connectivity index (χ4n) is 4.46. The zero-order chi connectivity index (χ0) is 17.8. The molecular weight excluding hydrogens is 338 g/mol. The van der Waals surface area contributed by atoms with Gasteiger partial charge in [-0.1, -0.05) is 49.4 Å². The van der Waals surface area contributed by atoms with Gasteiger partial charge in [0.1, 0.15) is 0 Å². The topological polar surface area (TPSA) is 58.6 Å². The third kappa shape index (κ3) is 4.02. The van der Waals surface area contributed by atoms with E-state index in [0.717, 1.165) is 56.9 Å². The summed E-state index contributed by atoms with van der Waals surface area (Å²) in [5.74, 6) is 0.103. The average Bonchev–Trinajstić information content (AvgIpc) is 3.30. The molecule has 3 rings (SSSR count). The van der Waals surface area contributed by atoms with Gasteiger partial charge in [-0.25, -0.2) is 0 Å². The van der Waals surface area contributed by atoms with Crippen molar-refractivity contribution in [2.75, 3.05) is 19.8 Å². The maximum absolute atomic E-state index is 13.2. The van der Waals surface area contributed by atoms with E-state index in [2.05, 4.69) is 5.32 Å². The van der Waals surface area contributed by atoms with Gasteiger partial charge in [0, 0.05) is 11.6 Å². The molecule has 2 N–H and O–H groups in total. The first-order chi connectivity index (χ1) is 12.1. The maximum Gasteiger partial charge on any atom is 0.230 e. The third-order valence-corrected chi connectivity index (χ3v) is 6.13. The van der Waals surface area contributed by atoms with E-state index in [4.69, 9.17) is 21.4 Å². The van der Waals surface area contributed by atoms with Crippen LogP contribution in [-0.4, -0.2) is 36.4 Å². The molecule has 5 heteroatoms. The van der Waals surface area contributed by atoms with Crippen LogP contribution in [0.1, 0.15) is 56.9 Å². The van der Waals surface area contributed by atoms with Crippen molar-refractivity contribution in [1.29, 1.82) is 0 Å². The normalized spacial score (nSPS) is 21.4. The first kappa shape index (κ1) is 18.7. The second-order valence-electron chi connectivity index (χ2n) is 7.44. The monoisotopic (exact) mass is 365 g/mol. The predicted molar refractivity (Wildman–Crippen MR) is 98.8 cm³/mol. The molecule has 2 fully saturated rings. The van der Waals surface area contributed by atoms with Crippen molar-refractivity contribution in [1.82, 2.24) is 5.32 Å². The highest BCUT2D eigenvalue weighted by Crippen LogP contribution is 2.42. The number of benzene rings is 1. The van der Waals surface area contributed by atoms with Gasteiger partial charge in [0.2, 0.25) is 5.91 Å². The number of nitrogens with one attached hydrogen (secondary N) is 1. The van der Waals surface area contributed by atoms with Gasteiger partial charge in [0.05, 0.1) is 24.2 Å². The van der Waals surface area contributed by atoms with E-state index in [9.17, 15) is 4.79 Å². The van der Waals surface area contributed by atoms with Gasteiger partial charge in [-0.3, -0.25) is 4.79 Å². The van der Waals surface area contributed by atoms with Crippen LogP contribution in [0.3, 0.4) is 0 Å². The highest BCUT2D eigenvalue weighted by Gasteiger charge is 2.44. The van der Waals surface area contributed by atoms with Crippen molar-refractivity contribution in [3.63, 3.8) is 0 Å². The molecule has 0 radical (unpaired) electrons. The molecular formula is C20H28ClNO3. The fraction of sp³-hybridized carbons (Fsp3) is 0.650. The molecule has 25 heavy (non-hydrogen) atoms. The van der Waals surface area contributed by atoms with E-state index in [1.165, 1.54) is 0 Å². The Labute approximate surface area is 154 Å². The van der Waals surface area contributed by atoms with Gasteiger partial charge in [-0.15, -0.1) is 0 Å². The minimum atomic E-state index is -0.443. The Hall–Kier alpha value is -1.10. The summed E-state index contributed by atoms with van der Waals surface area (Å²) in [6, 6.07) is 7.71. The smallest absolute Gasteiger partial charge is 0.230 e. The Kier molecular flexibility index (Phi) is 6.03. The molecule has 0 aliphatic heterocycles. The molecule has 0 saturated heterocycles. The first-order valence-electron chi connectivity index (χ1n) is 9.39. The Morgan fingerprint density at radius 2 is 1.68 bits per heavy atom. The van der Waals surface area contributed by atoms with Crippen LogP contribution in [0.4, 0.5) is 0 Å². The van der Waals surface area contributed by atoms with Gasteiger partial charge in [-0.05, 0) is 43.4 Å². The van der Waals surface area contributed by atoms with Crippen molar-refractivity contribution in [3.8, 4) is 0 Å². The molecule has 1 aromatic carbocycles. The van der Waals surface area contributed by atoms with Crippen molar-refractivity contribution >= 4 is 17.5 Å². The summed E-state index contributed by atoms with van der Waals surface area (Å²) in [6.07, 6.45) is 8.02. The lowest BCUT2D eigenvalue weighted by molar-refractivity contribution is -0.129. The molecule has 0 heterocycles. The van der Waals surface area contributed by atoms with Crippen LogP contribution < -0.4 is 5.32 Å². The Bertz CT molecular complexity index is 575. The molecule has 2 saturated carbocycles. The van der Waals surface area contributed by atoms with Gasteiger partial charge in [0.25, 0.3) is 0 Å². The van der Waals surface area contributed by atoms with E-state index in [1.54, 1.807) is 0 Å². The molecule has 1 amide bonds. The fourth-order valence-corrected chi connectivity index (χ4v) is 4.58. The van der Waals surface area contributed by atoms with Crippen LogP contribution in [0, 0.1) is 0 Å². The van der Waals surface area contributed by atoms with Crippen LogP contribution in [0.5, 0.6) is 0 Å². The number of hydrogen-bond donors (Lipinski definition) is 2. The molecule has 0 aromatic heterocycles.